The quantitative estimate of drug-likeness (QED) is 0.534. The van der Waals surface area contributed by atoms with Gasteiger partial charge in [0.1, 0.15) is 19.0 Å². The molecule has 3 heterocycles. The number of likely N-dealkylation sites (tertiary alicyclic amines) is 1. The van der Waals surface area contributed by atoms with E-state index in [0.29, 0.717) is 19.0 Å². The lowest BCUT2D eigenvalue weighted by Gasteiger charge is -2.26. The Hall–Kier alpha value is -3.00. The van der Waals surface area contributed by atoms with E-state index in [1.165, 1.54) is 17.3 Å². The number of nitrogens with zero attached hydrogens (tertiary/aromatic N) is 4. The zero-order valence-electron chi connectivity index (χ0n) is 18.1. The fraction of sp³-hybridized carbons (Fsp3) is 0.375. The molecule has 0 aliphatic carbocycles. The summed E-state index contributed by atoms with van der Waals surface area (Å²) in [7, 11) is 1.96. The van der Waals surface area contributed by atoms with E-state index in [1.54, 1.807) is 0 Å². The molecule has 1 aromatic heterocycles. The number of carbonyl (C=O) groups excluding carboxylic acids is 1. The molecule has 2 aromatic carbocycles. The fourth-order valence-corrected chi connectivity index (χ4v) is 5.11. The van der Waals surface area contributed by atoms with Gasteiger partial charge >= 0.3 is 0 Å². The molecule has 1 unspecified atom stereocenters. The number of rotatable bonds is 6. The van der Waals surface area contributed by atoms with Crippen LogP contribution in [0.1, 0.15) is 35.8 Å². The molecule has 1 amide bonds. The minimum Gasteiger partial charge on any atom is -0.486 e. The molecular formula is C24H26N4O3S. The van der Waals surface area contributed by atoms with Crippen LogP contribution in [0.2, 0.25) is 0 Å². The monoisotopic (exact) mass is 450 g/mol. The molecule has 2 aliphatic heterocycles. The van der Waals surface area contributed by atoms with E-state index in [1.807, 2.05) is 46.8 Å². The molecule has 0 radical (unpaired) electrons. The number of hydrogen-bond acceptors (Lipinski definition) is 6. The Bertz CT molecular complexity index is 1100. The SMILES string of the molecule is Cn1c(Cc2ccccc2)nnc1SCC(=O)N1CCCC1c1ccc2c(c1)OCCO2. The van der Waals surface area contributed by atoms with Crippen molar-refractivity contribution in [1.82, 2.24) is 19.7 Å². The van der Waals surface area contributed by atoms with Crippen LogP contribution in [0.4, 0.5) is 0 Å². The molecule has 1 saturated heterocycles. The highest BCUT2D eigenvalue weighted by atomic mass is 32.2. The van der Waals surface area contributed by atoms with Crippen LogP contribution in [0.5, 0.6) is 11.5 Å². The summed E-state index contributed by atoms with van der Waals surface area (Å²) in [5.74, 6) is 2.91. The molecule has 0 spiro atoms. The Balaban J connectivity index is 1.23. The van der Waals surface area contributed by atoms with Gasteiger partial charge in [-0.25, -0.2) is 0 Å². The number of hydrogen-bond donors (Lipinski definition) is 0. The largest absolute Gasteiger partial charge is 0.486 e. The first-order valence-corrected chi connectivity index (χ1v) is 11.9. The topological polar surface area (TPSA) is 69.5 Å². The van der Waals surface area contributed by atoms with E-state index in [0.717, 1.165) is 53.9 Å². The third-order valence-corrected chi connectivity index (χ3v) is 6.98. The summed E-state index contributed by atoms with van der Waals surface area (Å²) in [6.45, 7) is 1.91. The Morgan fingerprint density at radius 3 is 2.75 bits per heavy atom. The van der Waals surface area contributed by atoms with Gasteiger partial charge in [-0.2, -0.15) is 0 Å². The highest BCUT2D eigenvalue weighted by Crippen LogP contribution is 2.38. The first kappa shape index (κ1) is 20.9. The molecule has 0 saturated carbocycles. The van der Waals surface area contributed by atoms with E-state index in [2.05, 4.69) is 28.4 Å². The maximum Gasteiger partial charge on any atom is 0.233 e. The highest BCUT2D eigenvalue weighted by molar-refractivity contribution is 7.99. The standard InChI is InChI=1S/C24H26N4O3S/c1-27-22(14-17-6-3-2-4-7-17)25-26-24(27)32-16-23(29)28-11-5-8-19(28)18-9-10-20-21(15-18)31-13-12-30-20/h2-4,6-7,9-10,15,19H,5,8,11-14,16H2,1H3. The van der Waals surface area contributed by atoms with Gasteiger partial charge in [-0.1, -0.05) is 48.2 Å². The molecule has 166 valence electrons. The van der Waals surface area contributed by atoms with Crippen molar-refractivity contribution in [2.45, 2.75) is 30.5 Å². The predicted molar refractivity (Wildman–Crippen MR) is 122 cm³/mol. The summed E-state index contributed by atoms with van der Waals surface area (Å²) >= 11 is 1.45. The molecule has 1 fully saturated rings. The van der Waals surface area contributed by atoms with Crippen LogP contribution >= 0.6 is 11.8 Å². The van der Waals surface area contributed by atoms with Gasteiger partial charge in [0, 0.05) is 20.0 Å². The van der Waals surface area contributed by atoms with Gasteiger partial charge in [0.15, 0.2) is 16.7 Å². The van der Waals surface area contributed by atoms with E-state index in [4.69, 9.17) is 9.47 Å². The highest BCUT2D eigenvalue weighted by Gasteiger charge is 2.31. The Kier molecular flexibility index (Phi) is 6.03. The molecule has 0 N–H and O–H groups in total. The maximum absolute atomic E-state index is 13.1. The molecule has 2 aliphatic rings. The number of ether oxygens (including phenoxy) is 2. The lowest BCUT2D eigenvalue weighted by atomic mass is 10.0. The van der Waals surface area contributed by atoms with Crippen molar-refractivity contribution in [1.29, 1.82) is 0 Å². The average molecular weight is 451 g/mol. The second-order valence-corrected chi connectivity index (χ2v) is 9.00. The number of benzene rings is 2. The Morgan fingerprint density at radius 1 is 1.09 bits per heavy atom. The first-order chi connectivity index (χ1) is 15.7. The van der Waals surface area contributed by atoms with Crippen LogP contribution in [-0.4, -0.2) is 51.1 Å². The first-order valence-electron chi connectivity index (χ1n) is 10.9. The van der Waals surface area contributed by atoms with Gasteiger partial charge in [0.05, 0.1) is 11.8 Å². The molecular weight excluding hydrogens is 424 g/mol. The van der Waals surface area contributed by atoms with Gasteiger partial charge in [0.25, 0.3) is 0 Å². The zero-order valence-corrected chi connectivity index (χ0v) is 18.9. The van der Waals surface area contributed by atoms with E-state index in [9.17, 15) is 4.79 Å². The fourth-order valence-electron chi connectivity index (χ4n) is 4.29. The molecule has 3 aromatic rings. The van der Waals surface area contributed by atoms with Gasteiger partial charge in [0.2, 0.25) is 5.91 Å². The normalized spacial score (nSPS) is 17.5. The predicted octanol–water partition coefficient (Wildman–Crippen LogP) is 3.63. The van der Waals surface area contributed by atoms with Gasteiger partial charge in [-0.05, 0) is 36.1 Å². The van der Waals surface area contributed by atoms with Crippen molar-refractivity contribution in [3.8, 4) is 11.5 Å². The van der Waals surface area contributed by atoms with Crippen molar-refractivity contribution in [3.63, 3.8) is 0 Å². The van der Waals surface area contributed by atoms with Crippen molar-refractivity contribution >= 4 is 17.7 Å². The summed E-state index contributed by atoms with van der Waals surface area (Å²) in [5, 5.41) is 9.41. The lowest BCUT2D eigenvalue weighted by molar-refractivity contribution is -0.129. The van der Waals surface area contributed by atoms with E-state index < -0.39 is 0 Å². The third-order valence-electron chi connectivity index (χ3n) is 5.98. The summed E-state index contributed by atoms with van der Waals surface area (Å²) in [6.07, 6.45) is 2.68. The molecule has 5 rings (SSSR count). The molecule has 0 bridgehead atoms. The summed E-state index contributed by atoms with van der Waals surface area (Å²) < 4.78 is 13.3. The lowest BCUT2D eigenvalue weighted by Crippen LogP contribution is -2.32. The number of amides is 1. The number of aromatic nitrogens is 3. The van der Waals surface area contributed by atoms with Crippen LogP contribution in [0.25, 0.3) is 0 Å². The van der Waals surface area contributed by atoms with Crippen LogP contribution in [0.3, 0.4) is 0 Å². The second-order valence-electron chi connectivity index (χ2n) is 8.06. The molecule has 8 heteroatoms. The number of carbonyl (C=O) groups is 1. The van der Waals surface area contributed by atoms with Crippen LogP contribution in [0.15, 0.2) is 53.7 Å². The minimum absolute atomic E-state index is 0.0760. The van der Waals surface area contributed by atoms with Crippen molar-refractivity contribution in [3.05, 3.63) is 65.5 Å². The van der Waals surface area contributed by atoms with Gasteiger partial charge in [-0.15, -0.1) is 10.2 Å². The Labute approximate surface area is 191 Å². The second kappa shape index (κ2) is 9.24. The Morgan fingerprint density at radius 2 is 1.91 bits per heavy atom. The van der Waals surface area contributed by atoms with E-state index >= 15 is 0 Å². The zero-order chi connectivity index (χ0) is 21.9. The van der Waals surface area contributed by atoms with Crippen molar-refractivity contribution < 1.29 is 14.3 Å². The third kappa shape index (κ3) is 4.32. The molecule has 32 heavy (non-hydrogen) atoms. The average Bonchev–Trinajstić information content (AvgIpc) is 3.45. The van der Waals surface area contributed by atoms with Crippen LogP contribution < -0.4 is 9.47 Å². The van der Waals surface area contributed by atoms with Gasteiger partial charge in [-0.3, -0.25) is 4.79 Å². The van der Waals surface area contributed by atoms with E-state index in [-0.39, 0.29) is 11.9 Å². The molecule has 7 nitrogen and oxygen atoms in total. The summed E-state index contributed by atoms with van der Waals surface area (Å²) in [4.78, 5) is 15.1. The van der Waals surface area contributed by atoms with Crippen molar-refractivity contribution in [2.24, 2.45) is 7.05 Å². The van der Waals surface area contributed by atoms with Crippen LogP contribution in [0, 0.1) is 0 Å². The van der Waals surface area contributed by atoms with Gasteiger partial charge < -0.3 is 18.9 Å². The molecule has 1 atom stereocenters. The maximum atomic E-state index is 13.1. The van der Waals surface area contributed by atoms with Crippen LogP contribution in [-0.2, 0) is 18.3 Å². The minimum atomic E-state index is 0.0760. The van der Waals surface area contributed by atoms with Crippen molar-refractivity contribution in [2.75, 3.05) is 25.5 Å². The summed E-state index contributed by atoms with van der Waals surface area (Å²) in [6, 6.07) is 16.3. The smallest absolute Gasteiger partial charge is 0.233 e. The number of fused-ring (bicyclic) bond motifs is 1. The number of thioether (sulfide) groups is 1. The summed E-state index contributed by atoms with van der Waals surface area (Å²) in [5.41, 5.74) is 2.30.